The average Bonchev–Trinajstić information content (AvgIpc) is 2.81. The molecular weight excluding hydrogens is 242 g/mol. The smallest absolute Gasteiger partial charge is 0.317 e. The fraction of sp³-hybridized carbons (Fsp3) is 0.857. The van der Waals surface area contributed by atoms with E-state index >= 15 is 0 Å². The molecule has 2 rings (SSSR count). The van der Waals surface area contributed by atoms with Gasteiger partial charge in [0.05, 0.1) is 0 Å². The summed E-state index contributed by atoms with van der Waals surface area (Å²) in [4.78, 5) is 24.7. The molecule has 2 N–H and O–H groups in total. The van der Waals surface area contributed by atoms with Gasteiger partial charge in [0, 0.05) is 33.1 Å². The zero-order chi connectivity index (χ0) is 13.7. The van der Waals surface area contributed by atoms with Crippen molar-refractivity contribution < 1.29 is 9.59 Å². The van der Waals surface area contributed by atoms with Crippen LogP contribution in [0.25, 0.3) is 0 Å². The second kappa shape index (κ2) is 6.78. The van der Waals surface area contributed by atoms with Crippen molar-refractivity contribution in [2.45, 2.75) is 39.0 Å². The van der Waals surface area contributed by atoms with Crippen molar-refractivity contribution in [2.24, 2.45) is 11.8 Å². The number of nitrogens with zero attached hydrogens (tertiary/aromatic N) is 1. The predicted molar refractivity (Wildman–Crippen MR) is 73.7 cm³/mol. The van der Waals surface area contributed by atoms with Crippen LogP contribution < -0.4 is 10.6 Å². The van der Waals surface area contributed by atoms with Crippen molar-refractivity contribution in [2.75, 3.05) is 26.2 Å². The minimum Gasteiger partial charge on any atom is -0.356 e. The highest BCUT2D eigenvalue weighted by atomic mass is 16.2. The monoisotopic (exact) mass is 267 g/mol. The molecule has 5 nitrogen and oxygen atoms in total. The number of urea groups is 1. The predicted octanol–water partition coefficient (Wildman–Crippen LogP) is 1.34. The van der Waals surface area contributed by atoms with Gasteiger partial charge in [0.25, 0.3) is 0 Å². The molecule has 2 atom stereocenters. The van der Waals surface area contributed by atoms with Gasteiger partial charge in [-0.25, -0.2) is 4.79 Å². The molecule has 0 aromatic carbocycles. The second-order valence-corrected chi connectivity index (χ2v) is 5.78. The van der Waals surface area contributed by atoms with Gasteiger partial charge in [-0.15, -0.1) is 0 Å². The van der Waals surface area contributed by atoms with Crippen LogP contribution in [0.5, 0.6) is 0 Å². The van der Waals surface area contributed by atoms with E-state index in [2.05, 4.69) is 10.6 Å². The first-order valence-electron chi connectivity index (χ1n) is 7.44. The molecule has 1 saturated carbocycles. The van der Waals surface area contributed by atoms with E-state index in [0.29, 0.717) is 13.1 Å². The zero-order valence-electron chi connectivity index (χ0n) is 11.8. The van der Waals surface area contributed by atoms with Gasteiger partial charge in [-0.05, 0) is 31.1 Å². The lowest BCUT2D eigenvalue weighted by Crippen LogP contribution is -2.39. The normalized spacial score (nSPS) is 25.8. The zero-order valence-corrected chi connectivity index (χ0v) is 11.8. The molecule has 1 aliphatic heterocycles. The lowest BCUT2D eigenvalue weighted by Gasteiger charge is -2.22. The molecule has 0 unspecified atom stereocenters. The molecule has 0 aromatic heterocycles. The summed E-state index contributed by atoms with van der Waals surface area (Å²) >= 11 is 0. The summed E-state index contributed by atoms with van der Waals surface area (Å²) < 4.78 is 0. The van der Waals surface area contributed by atoms with Crippen LogP contribution in [0.2, 0.25) is 0 Å². The third-order valence-electron chi connectivity index (χ3n) is 4.27. The maximum atomic E-state index is 12.0. The van der Waals surface area contributed by atoms with Crippen LogP contribution in [-0.2, 0) is 4.79 Å². The highest BCUT2D eigenvalue weighted by Gasteiger charge is 2.36. The molecule has 0 bridgehead atoms. The first-order chi connectivity index (χ1) is 9.16. The Bertz CT molecular complexity index is 319. The van der Waals surface area contributed by atoms with Gasteiger partial charge in [0.2, 0.25) is 5.91 Å². The molecule has 3 amide bonds. The van der Waals surface area contributed by atoms with Gasteiger partial charge >= 0.3 is 6.03 Å². The SMILES string of the molecule is CC(=O)NCCCNC(=O)N1C[C@@H]2CCCC[C@H]2C1. The molecule has 1 saturated heterocycles. The highest BCUT2D eigenvalue weighted by Crippen LogP contribution is 2.35. The van der Waals surface area contributed by atoms with Crippen LogP contribution in [-0.4, -0.2) is 43.0 Å². The van der Waals surface area contributed by atoms with Crippen molar-refractivity contribution in [3.05, 3.63) is 0 Å². The van der Waals surface area contributed by atoms with Gasteiger partial charge < -0.3 is 15.5 Å². The Hall–Kier alpha value is -1.26. The summed E-state index contributed by atoms with van der Waals surface area (Å²) in [6.45, 7) is 4.63. The summed E-state index contributed by atoms with van der Waals surface area (Å²) in [6, 6.07) is 0.0669. The molecule has 1 heterocycles. The first kappa shape index (κ1) is 14.2. The number of carbonyl (C=O) groups excluding carboxylic acids is 2. The Morgan fingerprint density at radius 1 is 1.05 bits per heavy atom. The van der Waals surface area contributed by atoms with Crippen LogP contribution in [0.4, 0.5) is 4.79 Å². The number of amides is 3. The Labute approximate surface area is 115 Å². The highest BCUT2D eigenvalue weighted by molar-refractivity contribution is 5.74. The number of hydrogen-bond acceptors (Lipinski definition) is 2. The van der Waals surface area contributed by atoms with Crippen LogP contribution in [0, 0.1) is 11.8 Å². The Morgan fingerprint density at radius 2 is 1.63 bits per heavy atom. The van der Waals surface area contributed by atoms with Gasteiger partial charge in [-0.3, -0.25) is 4.79 Å². The topological polar surface area (TPSA) is 61.4 Å². The Morgan fingerprint density at radius 3 is 2.21 bits per heavy atom. The fourth-order valence-electron chi connectivity index (χ4n) is 3.23. The molecule has 0 radical (unpaired) electrons. The molecule has 0 aromatic rings. The first-order valence-corrected chi connectivity index (χ1v) is 7.44. The minimum atomic E-state index is -0.0186. The molecular formula is C14H25N3O2. The number of hydrogen-bond donors (Lipinski definition) is 2. The van der Waals surface area contributed by atoms with Crippen molar-refractivity contribution in [1.29, 1.82) is 0 Å². The number of fused-ring (bicyclic) bond motifs is 1. The molecule has 0 spiro atoms. The van der Waals surface area contributed by atoms with Crippen molar-refractivity contribution in [1.82, 2.24) is 15.5 Å². The summed E-state index contributed by atoms with van der Waals surface area (Å²) in [6.07, 6.45) is 6.01. The minimum absolute atomic E-state index is 0.0186. The lowest BCUT2D eigenvalue weighted by molar-refractivity contribution is -0.118. The van der Waals surface area contributed by atoms with Crippen LogP contribution in [0.15, 0.2) is 0 Å². The third kappa shape index (κ3) is 4.11. The molecule has 108 valence electrons. The summed E-state index contributed by atoms with van der Waals surface area (Å²) in [7, 11) is 0. The van der Waals surface area contributed by atoms with E-state index in [-0.39, 0.29) is 11.9 Å². The number of rotatable bonds is 4. The van der Waals surface area contributed by atoms with E-state index in [1.54, 1.807) is 0 Å². The maximum Gasteiger partial charge on any atom is 0.317 e. The van der Waals surface area contributed by atoms with E-state index < -0.39 is 0 Å². The van der Waals surface area contributed by atoms with Crippen molar-refractivity contribution in [3.63, 3.8) is 0 Å². The van der Waals surface area contributed by atoms with E-state index in [4.69, 9.17) is 0 Å². The van der Waals surface area contributed by atoms with Gasteiger partial charge in [0.1, 0.15) is 0 Å². The largest absolute Gasteiger partial charge is 0.356 e. The number of nitrogens with one attached hydrogen (secondary N) is 2. The molecule has 2 aliphatic rings. The van der Waals surface area contributed by atoms with Crippen LogP contribution >= 0.6 is 0 Å². The van der Waals surface area contributed by atoms with Crippen LogP contribution in [0.3, 0.4) is 0 Å². The molecule has 2 fully saturated rings. The standard InChI is InChI=1S/C14H25N3O2/c1-11(18)15-7-4-8-16-14(19)17-9-12-5-2-3-6-13(12)10-17/h12-13H,2-10H2,1H3,(H,15,18)(H,16,19)/t12-,13-/m0/s1. The molecule has 19 heavy (non-hydrogen) atoms. The van der Waals surface area contributed by atoms with Gasteiger partial charge in [-0.1, -0.05) is 12.8 Å². The fourth-order valence-corrected chi connectivity index (χ4v) is 3.23. The summed E-state index contributed by atoms with van der Waals surface area (Å²) in [5, 5.41) is 5.67. The number of likely N-dealkylation sites (tertiary alicyclic amines) is 1. The Kier molecular flexibility index (Phi) is 5.05. The van der Waals surface area contributed by atoms with E-state index in [1.807, 2.05) is 4.90 Å². The van der Waals surface area contributed by atoms with E-state index in [9.17, 15) is 9.59 Å². The summed E-state index contributed by atoms with van der Waals surface area (Å²) in [5.74, 6) is 1.45. The van der Waals surface area contributed by atoms with Crippen molar-refractivity contribution in [3.8, 4) is 0 Å². The Balaban J connectivity index is 1.62. The van der Waals surface area contributed by atoms with Crippen LogP contribution in [0.1, 0.15) is 39.0 Å². The van der Waals surface area contributed by atoms with Crippen molar-refractivity contribution >= 4 is 11.9 Å². The molecule has 1 aliphatic carbocycles. The van der Waals surface area contributed by atoms with Gasteiger partial charge in [-0.2, -0.15) is 0 Å². The lowest BCUT2D eigenvalue weighted by atomic mass is 9.82. The van der Waals surface area contributed by atoms with E-state index in [1.165, 1.54) is 32.6 Å². The van der Waals surface area contributed by atoms with Gasteiger partial charge in [0.15, 0.2) is 0 Å². The quantitative estimate of drug-likeness (QED) is 0.755. The maximum absolute atomic E-state index is 12.0. The summed E-state index contributed by atoms with van der Waals surface area (Å²) in [5.41, 5.74) is 0. The average molecular weight is 267 g/mol. The molecule has 5 heteroatoms. The second-order valence-electron chi connectivity index (χ2n) is 5.78. The third-order valence-corrected chi connectivity index (χ3v) is 4.27. The van der Waals surface area contributed by atoms with E-state index in [0.717, 1.165) is 31.3 Å². The number of carbonyl (C=O) groups is 2.